The zero-order chi connectivity index (χ0) is 17.0. The van der Waals surface area contributed by atoms with Gasteiger partial charge in [-0.15, -0.1) is 0 Å². The molecule has 6 heteroatoms. The molecule has 0 saturated carbocycles. The zero-order valence-electron chi connectivity index (χ0n) is 15.0. The molecule has 0 aromatic carbocycles. The van der Waals surface area contributed by atoms with Crippen molar-refractivity contribution in [2.24, 2.45) is 7.05 Å². The lowest BCUT2D eigenvalue weighted by molar-refractivity contribution is 0.00970. The standard InChI is InChI=1S/C17H30N4O2/c1-13(14-10-19-20(5)12-14)18-11-15-8-6-7-9-21(15)16(22)23-17(2,3)4/h10,12-13,15,18H,6-9,11H2,1-5H3/t13-,15-/m1/s1. The van der Waals surface area contributed by atoms with E-state index in [4.69, 9.17) is 4.74 Å². The summed E-state index contributed by atoms with van der Waals surface area (Å²) in [5, 5.41) is 7.73. The topological polar surface area (TPSA) is 59.4 Å². The summed E-state index contributed by atoms with van der Waals surface area (Å²) >= 11 is 0. The zero-order valence-corrected chi connectivity index (χ0v) is 15.0. The van der Waals surface area contributed by atoms with Crippen LogP contribution in [0.15, 0.2) is 12.4 Å². The summed E-state index contributed by atoms with van der Waals surface area (Å²) in [4.78, 5) is 14.3. The van der Waals surface area contributed by atoms with E-state index >= 15 is 0 Å². The van der Waals surface area contributed by atoms with Crippen LogP contribution in [0.2, 0.25) is 0 Å². The van der Waals surface area contributed by atoms with Crippen molar-refractivity contribution < 1.29 is 9.53 Å². The number of rotatable bonds is 4. The number of likely N-dealkylation sites (tertiary alicyclic amines) is 1. The van der Waals surface area contributed by atoms with Gasteiger partial charge in [-0.2, -0.15) is 5.10 Å². The highest BCUT2D eigenvalue weighted by Crippen LogP contribution is 2.21. The number of nitrogens with one attached hydrogen (secondary N) is 1. The minimum Gasteiger partial charge on any atom is -0.444 e. The molecule has 2 heterocycles. The van der Waals surface area contributed by atoms with Crippen LogP contribution in [0.3, 0.4) is 0 Å². The van der Waals surface area contributed by atoms with E-state index in [0.29, 0.717) is 0 Å². The molecule has 0 radical (unpaired) electrons. The van der Waals surface area contributed by atoms with E-state index in [1.807, 2.05) is 45.1 Å². The van der Waals surface area contributed by atoms with Crippen molar-refractivity contribution in [2.75, 3.05) is 13.1 Å². The number of carbonyl (C=O) groups excluding carboxylic acids is 1. The van der Waals surface area contributed by atoms with Crippen LogP contribution in [-0.4, -0.2) is 45.5 Å². The number of hydrogen-bond donors (Lipinski definition) is 1. The number of piperidine rings is 1. The molecule has 0 bridgehead atoms. The molecule has 0 unspecified atom stereocenters. The lowest BCUT2D eigenvalue weighted by Crippen LogP contribution is -2.50. The second-order valence-corrected chi connectivity index (χ2v) is 7.40. The van der Waals surface area contributed by atoms with Gasteiger partial charge in [-0.3, -0.25) is 4.68 Å². The normalized spacial score (nSPS) is 20.4. The molecular formula is C17H30N4O2. The van der Waals surface area contributed by atoms with E-state index in [9.17, 15) is 4.79 Å². The summed E-state index contributed by atoms with van der Waals surface area (Å²) < 4.78 is 7.35. The van der Waals surface area contributed by atoms with Crippen molar-refractivity contribution in [3.8, 4) is 0 Å². The minimum atomic E-state index is -0.449. The summed E-state index contributed by atoms with van der Waals surface area (Å²) in [7, 11) is 1.92. The van der Waals surface area contributed by atoms with Crippen LogP contribution in [0.25, 0.3) is 0 Å². The van der Waals surface area contributed by atoms with Gasteiger partial charge in [0.05, 0.1) is 6.20 Å². The van der Waals surface area contributed by atoms with E-state index in [1.165, 1.54) is 0 Å². The molecule has 0 spiro atoms. The van der Waals surface area contributed by atoms with Gasteiger partial charge in [0.1, 0.15) is 5.60 Å². The molecule has 1 aliphatic heterocycles. The number of carbonyl (C=O) groups is 1. The van der Waals surface area contributed by atoms with Crippen LogP contribution in [0.1, 0.15) is 58.6 Å². The first kappa shape index (κ1) is 17.8. The van der Waals surface area contributed by atoms with Gasteiger partial charge in [0.15, 0.2) is 0 Å². The molecule has 0 aliphatic carbocycles. The number of aryl methyl sites for hydroxylation is 1. The van der Waals surface area contributed by atoms with E-state index in [-0.39, 0.29) is 18.2 Å². The quantitative estimate of drug-likeness (QED) is 0.926. The minimum absolute atomic E-state index is 0.192. The maximum Gasteiger partial charge on any atom is 0.410 e. The van der Waals surface area contributed by atoms with Gasteiger partial charge in [-0.1, -0.05) is 0 Å². The third-order valence-electron chi connectivity index (χ3n) is 4.14. The molecule has 1 saturated heterocycles. The van der Waals surface area contributed by atoms with Gasteiger partial charge in [-0.25, -0.2) is 4.79 Å². The van der Waals surface area contributed by atoms with Gasteiger partial charge in [0, 0.05) is 44.0 Å². The summed E-state index contributed by atoms with van der Waals surface area (Å²) in [5.41, 5.74) is 0.710. The molecule has 1 amide bonds. The number of aromatic nitrogens is 2. The molecule has 1 aliphatic rings. The lowest BCUT2D eigenvalue weighted by atomic mass is 10.0. The van der Waals surface area contributed by atoms with Crippen LogP contribution in [0.5, 0.6) is 0 Å². The summed E-state index contributed by atoms with van der Waals surface area (Å²) in [6, 6.07) is 0.406. The average molecular weight is 322 g/mol. The smallest absolute Gasteiger partial charge is 0.410 e. The SMILES string of the molecule is C[C@@H](NC[C@H]1CCCCN1C(=O)OC(C)(C)C)c1cnn(C)c1. The summed E-state index contributed by atoms with van der Waals surface area (Å²) in [5.74, 6) is 0. The molecule has 1 N–H and O–H groups in total. The maximum absolute atomic E-state index is 12.4. The Morgan fingerprint density at radius 2 is 2.22 bits per heavy atom. The Hall–Kier alpha value is -1.56. The van der Waals surface area contributed by atoms with E-state index in [2.05, 4.69) is 17.3 Å². The molecule has 1 aromatic rings. The van der Waals surface area contributed by atoms with Crippen molar-refractivity contribution in [1.29, 1.82) is 0 Å². The fourth-order valence-corrected chi connectivity index (χ4v) is 2.87. The third-order valence-corrected chi connectivity index (χ3v) is 4.14. The van der Waals surface area contributed by atoms with Crippen molar-refractivity contribution in [2.45, 2.75) is 64.6 Å². The van der Waals surface area contributed by atoms with Crippen molar-refractivity contribution >= 4 is 6.09 Å². The Morgan fingerprint density at radius 1 is 1.48 bits per heavy atom. The molecule has 6 nitrogen and oxygen atoms in total. The van der Waals surface area contributed by atoms with Crippen molar-refractivity contribution in [1.82, 2.24) is 20.0 Å². The monoisotopic (exact) mass is 322 g/mol. The van der Waals surface area contributed by atoms with Gasteiger partial charge >= 0.3 is 6.09 Å². The first-order valence-corrected chi connectivity index (χ1v) is 8.48. The molecule has 2 atom stereocenters. The predicted molar refractivity (Wildman–Crippen MR) is 90.2 cm³/mol. The van der Waals surface area contributed by atoms with Gasteiger partial charge in [-0.05, 0) is 47.0 Å². The fourth-order valence-electron chi connectivity index (χ4n) is 2.87. The van der Waals surface area contributed by atoms with Gasteiger partial charge < -0.3 is 15.0 Å². The maximum atomic E-state index is 12.4. The Balaban J connectivity index is 1.92. The second kappa shape index (κ2) is 7.34. The van der Waals surface area contributed by atoms with Crippen LogP contribution in [0, 0.1) is 0 Å². The Labute approximate surface area is 139 Å². The van der Waals surface area contributed by atoms with E-state index in [0.717, 1.165) is 37.9 Å². The molecule has 1 fully saturated rings. The number of nitrogens with zero attached hydrogens (tertiary/aromatic N) is 3. The van der Waals surface area contributed by atoms with Crippen LogP contribution >= 0.6 is 0 Å². The lowest BCUT2D eigenvalue weighted by Gasteiger charge is -2.37. The highest BCUT2D eigenvalue weighted by Gasteiger charge is 2.30. The third kappa shape index (κ3) is 5.23. The molecular weight excluding hydrogens is 292 g/mol. The van der Waals surface area contributed by atoms with Gasteiger partial charge in [0.25, 0.3) is 0 Å². The van der Waals surface area contributed by atoms with Crippen LogP contribution in [-0.2, 0) is 11.8 Å². The van der Waals surface area contributed by atoms with E-state index < -0.39 is 5.60 Å². The Bertz CT molecular complexity index is 521. The first-order valence-electron chi connectivity index (χ1n) is 8.48. The van der Waals surface area contributed by atoms with Crippen molar-refractivity contribution in [3.63, 3.8) is 0 Å². The average Bonchev–Trinajstić information content (AvgIpc) is 2.90. The summed E-state index contributed by atoms with van der Waals surface area (Å²) in [6.07, 6.45) is 6.93. The molecule has 2 rings (SSSR count). The summed E-state index contributed by atoms with van der Waals surface area (Å²) in [6.45, 7) is 9.40. The Kier molecular flexibility index (Phi) is 5.68. The number of ether oxygens (including phenoxy) is 1. The van der Waals surface area contributed by atoms with Gasteiger partial charge in [0.2, 0.25) is 0 Å². The van der Waals surface area contributed by atoms with Crippen molar-refractivity contribution in [3.05, 3.63) is 18.0 Å². The molecule has 23 heavy (non-hydrogen) atoms. The first-order chi connectivity index (χ1) is 10.8. The molecule has 130 valence electrons. The fraction of sp³-hybridized carbons (Fsp3) is 0.765. The highest BCUT2D eigenvalue weighted by atomic mass is 16.6. The molecule has 1 aromatic heterocycles. The number of amides is 1. The predicted octanol–water partition coefficient (Wildman–Crippen LogP) is 2.86. The largest absolute Gasteiger partial charge is 0.444 e. The number of hydrogen-bond acceptors (Lipinski definition) is 4. The van der Waals surface area contributed by atoms with E-state index in [1.54, 1.807) is 4.68 Å². The Morgan fingerprint density at radius 3 is 2.83 bits per heavy atom. The van der Waals surface area contributed by atoms with Crippen LogP contribution < -0.4 is 5.32 Å². The second-order valence-electron chi connectivity index (χ2n) is 7.40. The van der Waals surface area contributed by atoms with Crippen LogP contribution in [0.4, 0.5) is 4.79 Å². The highest BCUT2D eigenvalue weighted by molar-refractivity contribution is 5.68.